The van der Waals surface area contributed by atoms with Crippen molar-refractivity contribution in [1.82, 2.24) is 0 Å². The number of esters is 2. The van der Waals surface area contributed by atoms with Crippen LogP contribution in [0.2, 0.25) is 0 Å². The second-order valence-electron chi connectivity index (χ2n) is 2.48. The summed E-state index contributed by atoms with van der Waals surface area (Å²) in [4.78, 5) is 21.9. The van der Waals surface area contributed by atoms with Crippen molar-refractivity contribution < 1.29 is 14.3 Å². The fourth-order valence-electron chi connectivity index (χ4n) is 0.809. The number of hydrogen-bond acceptors (Lipinski definition) is 3. The van der Waals surface area contributed by atoms with Gasteiger partial charge in [0.05, 0.1) is 5.56 Å². The predicted octanol–water partition coefficient (Wildman–Crippen LogP) is 1.78. The van der Waals surface area contributed by atoms with Crippen molar-refractivity contribution in [2.75, 3.05) is 0 Å². The lowest BCUT2D eigenvalue weighted by Gasteiger charge is -1.99. The molecule has 0 aliphatic heterocycles. The summed E-state index contributed by atoms with van der Waals surface area (Å²) < 4.78 is 4.51. The summed E-state index contributed by atoms with van der Waals surface area (Å²) >= 11 is 0. The Kier molecular flexibility index (Phi) is 3.20. The molecule has 0 heterocycles. The molecule has 0 fully saturated rings. The Morgan fingerprint density at radius 2 is 1.85 bits per heavy atom. The van der Waals surface area contributed by atoms with E-state index in [0.717, 1.165) is 0 Å². The minimum absolute atomic E-state index is 0.207. The van der Waals surface area contributed by atoms with Crippen LogP contribution in [0.3, 0.4) is 0 Å². The maximum absolute atomic E-state index is 11.2. The number of ether oxygens (including phenoxy) is 1. The molecule has 0 amide bonds. The average Bonchev–Trinajstić information content (AvgIpc) is 2.19. The summed E-state index contributed by atoms with van der Waals surface area (Å²) in [5, 5.41) is 0. The summed E-state index contributed by atoms with van der Waals surface area (Å²) in [6.45, 7) is 1.64. The van der Waals surface area contributed by atoms with Crippen LogP contribution in [0.25, 0.3) is 0 Å². The molecule has 13 heavy (non-hydrogen) atoms. The Labute approximate surface area is 76.3 Å². The third-order valence-corrected chi connectivity index (χ3v) is 1.50. The number of carbonyl (C=O) groups is 2. The summed E-state index contributed by atoms with van der Waals surface area (Å²) in [6.07, 6.45) is 0.207. The zero-order valence-electron chi connectivity index (χ0n) is 7.32. The summed E-state index contributed by atoms with van der Waals surface area (Å²) in [6, 6.07) is 8.43. The van der Waals surface area contributed by atoms with Gasteiger partial charge < -0.3 is 4.74 Å². The Balaban J connectivity index is 2.65. The van der Waals surface area contributed by atoms with Crippen LogP contribution >= 0.6 is 0 Å². The van der Waals surface area contributed by atoms with Crippen LogP contribution in [0.1, 0.15) is 23.7 Å². The lowest BCUT2D eigenvalue weighted by atomic mass is 10.2. The highest BCUT2D eigenvalue weighted by atomic mass is 16.6. The van der Waals surface area contributed by atoms with Gasteiger partial charge in [-0.05, 0) is 12.1 Å². The zero-order chi connectivity index (χ0) is 9.68. The second kappa shape index (κ2) is 4.40. The maximum atomic E-state index is 11.2. The van der Waals surface area contributed by atoms with Crippen LogP contribution in [0.15, 0.2) is 30.3 Å². The van der Waals surface area contributed by atoms with Crippen molar-refractivity contribution in [3.05, 3.63) is 35.9 Å². The summed E-state index contributed by atoms with van der Waals surface area (Å²) in [5.41, 5.74) is 0.393. The molecule has 1 rings (SSSR count). The lowest BCUT2D eigenvalue weighted by molar-refractivity contribution is -0.137. The fourth-order valence-corrected chi connectivity index (χ4v) is 0.809. The van der Waals surface area contributed by atoms with E-state index >= 15 is 0 Å². The van der Waals surface area contributed by atoms with Crippen LogP contribution in [-0.4, -0.2) is 11.9 Å². The molecule has 3 nitrogen and oxygen atoms in total. The normalized spacial score (nSPS) is 9.31. The topological polar surface area (TPSA) is 43.4 Å². The van der Waals surface area contributed by atoms with Gasteiger partial charge in [-0.15, -0.1) is 0 Å². The van der Waals surface area contributed by atoms with Crippen LogP contribution in [-0.2, 0) is 9.53 Å². The van der Waals surface area contributed by atoms with Crippen LogP contribution in [0.5, 0.6) is 0 Å². The van der Waals surface area contributed by atoms with E-state index in [4.69, 9.17) is 0 Å². The quantitative estimate of drug-likeness (QED) is 0.512. The third-order valence-electron chi connectivity index (χ3n) is 1.50. The Bertz CT molecular complexity index is 303. The second-order valence-corrected chi connectivity index (χ2v) is 2.48. The summed E-state index contributed by atoms with van der Waals surface area (Å²) in [5.74, 6) is -1.10. The van der Waals surface area contributed by atoms with E-state index < -0.39 is 11.9 Å². The molecule has 0 radical (unpaired) electrons. The van der Waals surface area contributed by atoms with E-state index in [2.05, 4.69) is 4.74 Å². The van der Waals surface area contributed by atoms with Crippen LogP contribution in [0, 0.1) is 0 Å². The molecule has 3 heteroatoms. The molecule has 0 atom stereocenters. The van der Waals surface area contributed by atoms with Gasteiger partial charge in [0.1, 0.15) is 0 Å². The average molecular weight is 178 g/mol. The molecule has 0 aliphatic carbocycles. The Hall–Kier alpha value is -1.64. The molecule has 0 N–H and O–H groups in total. The molecule has 1 aromatic carbocycles. The number of carbonyl (C=O) groups excluding carboxylic acids is 2. The van der Waals surface area contributed by atoms with Crippen molar-refractivity contribution in [1.29, 1.82) is 0 Å². The molecule has 0 spiro atoms. The predicted molar refractivity (Wildman–Crippen MR) is 47.2 cm³/mol. The SMILES string of the molecule is CCC(=O)OC(=O)c1ccccc1. The first-order chi connectivity index (χ1) is 6.24. The molecular weight excluding hydrogens is 168 g/mol. The van der Waals surface area contributed by atoms with Gasteiger partial charge in [0.15, 0.2) is 0 Å². The van der Waals surface area contributed by atoms with Gasteiger partial charge >= 0.3 is 11.9 Å². The van der Waals surface area contributed by atoms with Crippen molar-refractivity contribution in [3.63, 3.8) is 0 Å². The van der Waals surface area contributed by atoms with Crippen molar-refractivity contribution in [3.8, 4) is 0 Å². The number of hydrogen-bond donors (Lipinski definition) is 0. The highest BCUT2D eigenvalue weighted by Gasteiger charge is 2.09. The fraction of sp³-hybridized carbons (Fsp3) is 0.200. The highest BCUT2D eigenvalue weighted by Crippen LogP contribution is 2.01. The van der Waals surface area contributed by atoms with Crippen molar-refractivity contribution >= 4 is 11.9 Å². The van der Waals surface area contributed by atoms with Crippen molar-refractivity contribution in [2.24, 2.45) is 0 Å². The maximum Gasteiger partial charge on any atom is 0.345 e. The smallest absolute Gasteiger partial charge is 0.345 e. The standard InChI is InChI=1S/C10H10O3/c1-2-9(11)13-10(12)8-6-4-3-5-7-8/h3-7H,2H2,1H3. The molecule has 0 unspecified atom stereocenters. The summed E-state index contributed by atoms with van der Waals surface area (Å²) in [7, 11) is 0. The number of rotatable bonds is 2. The minimum atomic E-state index is -0.590. The molecule has 68 valence electrons. The molecule has 0 saturated heterocycles. The third kappa shape index (κ3) is 2.71. The molecule has 0 bridgehead atoms. The molecule has 0 aromatic heterocycles. The first-order valence-electron chi connectivity index (χ1n) is 4.04. The lowest BCUT2D eigenvalue weighted by Crippen LogP contribution is -2.10. The van der Waals surface area contributed by atoms with Crippen molar-refractivity contribution in [2.45, 2.75) is 13.3 Å². The first kappa shape index (κ1) is 9.45. The van der Waals surface area contributed by atoms with E-state index in [1.165, 1.54) is 0 Å². The first-order valence-corrected chi connectivity index (χ1v) is 4.04. The monoisotopic (exact) mass is 178 g/mol. The van der Waals surface area contributed by atoms with Gasteiger partial charge in [0, 0.05) is 6.42 Å². The zero-order valence-corrected chi connectivity index (χ0v) is 7.32. The minimum Gasteiger partial charge on any atom is -0.389 e. The van der Waals surface area contributed by atoms with Gasteiger partial charge in [0.25, 0.3) is 0 Å². The molecule has 1 aromatic rings. The van der Waals surface area contributed by atoms with Gasteiger partial charge in [-0.25, -0.2) is 4.79 Å². The van der Waals surface area contributed by atoms with E-state index in [1.807, 2.05) is 0 Å². The Morgan fingerprint density at radius 1 is 1.23 bits per heavy atom. The van der Waals surface area contributed by atoms with Crippen LogP contribution < -0.4 is 0 Å². The van der Waals surface area contributed by atoms with E-state index in [1.54, 1.807) is 37.3 Å². The molecule has 0 saturated carbocycles. The van der Waals surface area contributed by atoms with E-state index in [-0.39, 0.29) is 6.42 Å². The number of benzene rings is 1. The Morgan fingerprint density at radius 3 is 2.38 bits per heavy atom. The largest absolute Gasteiger partial charge is 0.389 e. The molecule has 0 aliphatic rings. The van der Waals surface area contributed by atoms with E-state index in [0.29, 0.717) is 5.56 Å². The van der Waals surface area contributed by atoms with Gasteiger partial charge in [-0.3, -0.25) is 4.79 Å². The van der Waals surface area contributed by atoms with Gasteiger partial charge in [0.2, 0.25) is 0 Å². The molecular formula is C10H10O3. The van der Waals surface area contributed by atoms with Gasteiger partial charge in [-0.2, -0.15) is 0 Å². The highest BCUT2D eigenvalue weighted by molar-refractivity contribution is 5.96. The van der Waals surface area contributed by atoms with Crippen LogP contribution in [0.4, 0.5) is 0 Å². The van der Waals surface area contributed by atoms with Gasteiger partial charge in [-0.1, -0.05) is 25.1 Å². The van der Waals surface area contributed by atoms with E-state index in [9.17, 15) is 9.59 Å².